The van der Waals surface area contributed by atoms with E-state index in [2.05, 4.69) is 21.3 Å². The maximum Gasteiger partial charge on any atom is 0.387 e. The molecular formula is C19H19F2N3O2. The van der Waals surface area contributed by atoms with E-state index < -0.39 is 6.61 Å². The molecule has 136 valence electrons. The highest BCUT2D eigenvalue weighted by Gasteiger charge is 2.18. The lowest BCUT2D eigenvalue weighted by atomic mass is 10.0. The monoisotopic (exact) mass is 359 g/mol. The van der Waals surface area contributed by atoms with Crippen LogP contribution in [0.15, 0.2) is 53.6 Å². The van der Waals surface area contributed by atoms with E-state index in [-0.39, 0.29) is 18.2 Å². The highest BCUT2D eigenvalue weighted by Crippen LogP contribution is 2.26. The summed E-state index contributed by atoms with van der Waals surface area (Å²) in [7, 11) is 0. The van der Waals surface area contributed by atoms with Gasteiger partial charge in [-0.3, -0.25) is 4.79 Å². The van der Waals surface area contributed by atoms with Gasteiger partial charge in [-0.15, -0.1) is 0 Å². The van der Waals surface area contributed by atoms with Gasteiger partial charge in [-0.2, -0.15) is 13.9 Å². The first-order chi connectivity index (χ1) is 12.6. The van der Waals surface area contributed by atoms with E-state index >= 15 is 0 Å². The zero-order valence-corrected chi connectivity index (χ0v) is 14.1. The minimum absolute atomic E-state index is 0.0740. The number of amides is 1. The third-order valence-corrected chi connectivity index (χ3v) is 4.05. The van der Waals surface area contributed by atoms with Crippen molar-refractivity contribution in [3.63, 3.8) is 0 Å². The van der Waals surface area contributed by atoms with Crippen LogP contribution in [0.4, 0.5) is 14.5 Å². The number of halogens is 2. The molecule has 7 heteroatoms. The lowest BCUT2D eigenvalue weighted by Gasteiger charge is -2.30. The summed E-state index contributed by atoms with van der Waals surface area (Å²) in [5, 5.41) is 3.91. The third-order valence-electron chi connectivity index (χ3n) is 4.05. The number of benzene rings is 2. The lowest BCUT2D eigenvalue weighted by molar-refractivity contribution is -0.119. The number of ether oxygens (including phenoxy) is 1. The zero-order valence-electron chi connectivity index (χ0n) is 14.1. The van der Waals surface area contributed by atoms with E-state index in [1.807, 2.05) is 23.1 Å². The molecular weight excluding hydrogens is 340 g/mol. The fourth-order valence-electron chi connectivity index (χ4n) is 2.90. The molecule has 0 fully saturated rings. The van der Waals surface area contributed by atoms with Gasteiger partial charge < -0.3 is 9.64 Å². The number of hydrogen-bond acceptors (Lipinski definition) is 4. The minimum atomic E-state index is -2.85. The van der Waals surface area contributed by atoms with E-state index in [0.29, 0.717) is 5.56 Å². The first-order valence-corrected chi connectivity index (χ1v) is 8.31. The molecule has 26 heavy (non-hydrogen) atoms. The Kier molecular flexibility index (Phi) is 5.78. The van der Waals surface area contributed by atoms with Crippen LogP contribution in [0.2, 0.25) is 0 Å². The molecule has 1 aliphatic heterocycles. The number of carbonyl (C=O) groups is 1. The molecule has 0 aromatic heterocycles. The van der Waals surface area contributed by atoms with Gasteiger partial charge in [0.25, 0.3) is 5.91 Å². The second-order valence-corrected chi connectivity index (χ2v) is 5.89. The molecule has 0 spiro atoms. The van der Waals surface area contributed by atoms with Crippen LogP contribution in [0, 0.1) is 0 Å². The molecule has 3 rings (SSSR count). The average Bonchev–Trinajstić information content (AvgIpc) is 2.63. The maximum atomic E-state index is 12.1. The maximum absolute atomic E-state index is 12.1. The number of para-hydroxylation sites is 1. The molecule has 1 aliphatic rings. The number of fused-ring (bicyclic) bond motifs is 1. The van der Waals surface area contributed by atoms with Gasteiger partial charge >= 0.3 is 6.61 Å². The molecule has 0 saturated heterocycles. The number of hydrogen-bond donors (Lipinski definition) is 1. The fourth-order valence-corrected chi connectivity index (χ4v) is 2.90. The van der Waals surface area contributed by atoms with Gasteiger partial charge in [0.1, 0.15) is 5.75 Å². The minimum Gasteiger partial charge on any atom is -0.435 e. The van der Waals surface area contributed by atoms with Crippen LogP contribution in [0.3, 0.4) is 0 Å². The Bertz CT molecular complexity index is 779. The number of nitrogens with zero attached hydrogens (tertiary/aromatic N) is 2. The highest BCUT2D eigenvalue weighted by atomic mass is 19.3. The molecule has 0 unspecified atom stereocenters. The number of nitrogens with one attached hydrogen (secondary N) is 1. The van der Waals surface area contributed by atoms with Crippen molar-refractivity contribution in [2.24, 2.45) is 5.10 Å². The van der Waals surface area contributed by atoms with Crippen LogP contribution in [0.1, 0.15) is 17.5 Å². The van der Waals surface area contributed by atoms with Crippen molar-refractivity contribution in [2.45, 2.75) is 19.5 Å². The van der Waals surface area contributed by atoms with Crippen molar-refractivity contribution in [1.82, 2.24) is 5.43 Å². The standard InChI is InChI=1S/C19H19F2N3O2/c20-19(21)26-16-9-7-14(8-10-16)12-22-23-18(25)13-24-11-3-5-15-4-1-2-6-17(15)24/h1-2,4,6-10,12,19H,3,5,11,13H2,(H,23,25)/b22-12+. The second kappa shape index (κ2) is 8.42. The van der Waals surface area contributed by atoms with Gasteiger partial charge in [-0.1, -0.05) is 18.2 Å². The molecule has 0 saturated carbocycles. The predicted octanol–water partition coefficient (Wildman–Crippen LogP) is 3.19. The average molecular weight is 359 g/mol. The highest BCUT2D eigenvalue weighted by molar-refractivity contribution is 5.85. The summed E-state index contributed by atoms with van der Waals surface area (Å²) in [5.74, 6) is -0.138. The van der Waals surface area contributed by atoms with E-state index in [9.17, 15) is 13.6 Å². The van der Waals surface area contributed by atoms with Crippen LogP contribution in [0.5, 0.6) is 5.75 Å². The molecule has 0 atom stereocenters. The summed E-state index contributed by atoms with van der Waals surface area (Å²) in [4.78, 5) is 14.2. The molecule has 0 radical (unpaired) electrons. The Morgan fingerprint density at radius 3 is 2.77 bits per heavy atom. The third kappa shape index (κ3) is 4.78. The summed E-state index contributed by atoms with van der Waals surface area (Å²) in [6.45, 7) is -1.79. The Hall–Kier alpha value is -2.96. The van der Waals surface area contributed by atoms with E-state index in [0.717, 1.165) is 25.1 Å². The number of aryl methyl sites for hydroxylation is 1. The SMILES string of the molecule is O=C(CN1CCCc2ccccc21)N/N=C/c1ccc(OC(F)F)cc1. The van der Waals surface area contributed by atoms with Crippen LogP contribution < -0.4 is 15.1 Å². The Balaban J connectivity index is 1.52. The van der Waals surface area contributed by atoms with Gasteiger partial charge in [-0.05, 0) is 54.3 Å². The van der Waals surface area contributed by atoms with Crippen molar-refractivity contribution in [3.05, 3.63) is 59.7 Å². The van der Waals surface area contributed by atoms with Crippen molar-refractivity contribution in [3.8, 4) is 5.75 Å². The van der Waals surface area contributed by atoms with Crippen LogP contribution in [0.25, 0.3) is 0 Å². The first-order valence-electron chi connectivity index (χ1n) is 8.31. The first kappa shape index (κ1) is 17.8. The summed E-state index contributed by atoms with van der Waals surface area (Å²) < 4.78 is 28.5. The molecule has 0 bridgehead atoms. The number of hydrazone groups is 1. The molecule has 1 heterocycles. The molecule has 1 amide bonds. The van der Waals surface area contributed by atoms with Crippen molar-refractivity contribution in [2.75, 3.05) is 18.0 Å². The van der Waals surface area contributed by atoms with E-state index in [1.54, 1.807) is 12.1 Å². The molecule has 2 aromatic carbocycles. The molecule has 1 N–H and O–H groups in total. The van der Waals surface area contributed by atoms with Gasteiger partial charge in [0, 0.05) is 12.2 Å². The fraction of sp³-hybridized carbons (Fsp3) is 0.263. The van der Waals surface area contributed by atoms with Gasteiger partial charge in [0.2, 0.25) is 0 Å². The number of rotatable bonds is 6. The second-order valence-electron chi connectivity index (χ2n) is 5.89. The van der Waals surface area contributed by atoms with Crippen LogP contribution in [-0.4, -0.2) is 31.8 Å². The quantitative estimate of drug-likeness (QED) is 0.637. The van der Waals surface area contributed by atoms with Crippen molar-refractivity contribution >= 4 is 17.8 Å². The summed E-state index contributed by atoms with van der Waals surface area (Å²) in [6, 6.07) is 14.1. The number of alkyl halides is 2. The Morgan fingerprint density at radius 2 is 2.00 bits per heavy atom. The topological polar surface area (TPSA) is 53.9 Å². The van der Waals surface area contributed by atoms with Crippen LogP contribution >= 0.6 is 0 Å². The molecule has 2 aromatic rings. The van der Waals surface area contributed by atoms with Gasteiger partial charge in [-0.25, -0.2) is 5.43 Å². The molecule has 5 nitrogen and oxygen atoms in total. The predicted molar refractivity (Wildman–Crippen MR) is 95.8 cm³/mol. The largest absolute Gasteiger partial charge is 0.435 e. The van der Waals surface area contributed by atoms with Crippen LogP contribution in [-0.2, 0) is 11.2 Å². The summed E-state index contributed by atoms with van der Waals surface area (Å²) in [6.07, 6.45) is 3.49. The van der Waals surface area contributed by atoms with Crippen molar-refractivity contribution < 1.29 is 18.3 Å². The van der Waals surface area contributed by atoms with E-state index in [4.69, 9.17) is 0 Å². The molecule has 0 aliphatic carbocycles. The Labute approximate surface area is 150 Å². The lowest BCUT2D eigenvalue weighted by Crippen LogP contribution is -2.38. The van der Waals surface area contributed by atoms with Crippen molar-refractivity contribution in [1.29, 1.82) is 0 Å². The van der Waals surface area contributed by atoms with Gasteiger partial charge in [0.05, 0.1) is 12.8 Å². The number of carbonyl (C=O) groups excluding carboxylic acids is 1. The number of anilines is 1. The zero-order chi connectivity index (χ0) is 18.4. The Morgan fingerprint density at radius 1 is 1.23 bits per heavy atom. The summed E-state index contributed by atoms with van der Waals surface area (Å²) >= 11 is 0. The smallest absolute Gasteiger partial charge is 0.387 e. The normalized spacial score (nSPS) is 13.7. The van der Waals surface area contributed by atoms with E-state index in [1.165, 1.54) is 23.9 Å². The van der Waals surface area contributed by atoms with Gasteiger partial charge in [0.15, 0.2) is 0 Å². The summed E-state index contributed by atoms with van der Waals surface area (Å²) in [5.41, 5.74) is 5.50.